The lowest BCUT2D eigenvalue weighted by Gasteiger charge is -2.03. The van der Waals surface area contributed by atoms with Crippen LogP contribution >= 0.6 is 0 Å². The summed E-state index contributed by atoms with van der Waals surface area (Å²) in [7, 11) is 1.61. The van der Waals surface area contributed by atoms with Crippen molar-refractivity contribution >= 4 is 11.9 Å². The highest BCUT2D eigenvalue weighted by Crippen LogP contribution is 2.36. The molecule has 0 aliphatic carbocycles. The second-order valence-corrected chi connectivity index (χ2v) is 4.31. The van der Waals surface area contributed by atoms with Crippen LogP contribution < -0.4 is 4.74 Å². The fourth-order valence-electron chi connectivity index (χ4n) is 1.73. The molecule has 1 aromatic carbocycles. The van der Waals surface area contributed by atoms with Gasteiger partial charge in [0.25, 0.3) is 0 Å². The Kier molecular flexibility index (Phi) is 3.03. The minimum Gasteiger partial charge on any atom is -0.496 e. The van der Waals surface area contributed by atoms with E-state index in [-0.39, 0.29) is 11.9 Å². The van der Waals surface area contributed by atoms with Crippen molar-refractivity contribution in [3.8, 4) is 5.75 Å². The molecule has 90 valence electrons. The number of carbonyl (C=O) groups is 1. The first-order chi connectivity index (χ1) is 8.08. The van der Waals surface area contributed by atoms with Gasteiger partial charge in [-0.15, -0.1) is 0 Å². The van der Waals surface area contributed by atoms with Crippen molar-refractivity contribution in [1.29, 1.82) is 0 Å². The Balaban J connectivity index is 2.13. The van der Waals surface area contributed by atoms with E-state index in [4.69, 9.17) is 9.47 Å². The predicted octanol–water partition coefficient (Wildman–Crippen LogP) is 2.45. The molecule has 0 bridgehead atoms. The Bertz CT molecular complexity index is 464. The van der Waals surface area contributed by atoms with Gasteiger partial charge >= 0.3 is 0 Å². The van der Waals surface area contributed by atoms with Crippen molar-refractivity contribution in [2.45, 2.75) is 25.6 Å². The highest BCUT2D eigenvalue weighted by Gasteiger charge is 2.54. The first-order valence-electron chi connectivity index (χ1n) is 5.61. The summed E-state index contributed by atoms with van der Waals surface area (Å²) < 4.78 is 10.5. The maximum atomic E-state index is 11.9. The number of ketones is 1. The molecular weight excluding hydrogens is 216 g/mol. The summed E-state index contributed by atoms with van der Waals surface area (Å²) >= 11 is 0. The molecule has 0 spiro atoms. The second-order valence-electron chi connectivity index (χ2n) is 4.31. The zero-order chi connectivity index (χ0) is 12.5. The maximum absolute atomic E-state index is 11.9. The van der Waals surface area contributed by atoms with Crippen LogP contribution in [0.5, 0.6) is 5.75 Å². The molecule has 1 saturated heterocycles. The Labute approximate surface area is 101 Å². The quantitative estimate of drug-likeness (QED) is 0.591. The lowest BCUT2D eigenvalue weighted by Crippen LogP contribution is -2.20. The molecule has 2 rings (SSSR count). The second kappa shape index (κ2) is 4.34. The van der Waals surface area contributed by atoms with Gasteiger partial charge in [0.2, 0.25) is 0 Å². The largest absolute Gasteiger partial charge is 0.496 e. The van der Waals surface area contributed by atoms with Gasteiger partial charge in [-0.3, -0.25) is 4.79 Å². The van der Waals surface area contributed by atoms with Crippen LogP contribution in [0.2, 0.25) is 0 Å². The van der Waals surface area contributed by atoms with Crippen molar-refractivity contribution < 1.29 is 14.3 Å². The van der Waals surface area contributed by atoms with E-state index in [9.17, 15) is 4.79 Å². The molecular formula is C14H16O3. The number of hydrogen-bond donors (Lipinski definition) is 0. The Hall–Kier alpha value is -1.61. The molecule has 3 nitrogen and oxygen atoms in total. The molecule has 0 radical (unpaired) electrons. The molecule has 1 aromatic rings. The first-order valence-corrected chi connectivity index (χ1v) is 5.61. The number of rotatable bonds is 4. The topological polar surface area (TPSA) is 38.8 Å². The van der Waals surface area contributed by atoms with Crippen molar-refractivity contribution in [2.75, 3.05) is 7.11 Å². The van der Waals surface area contributed by atoms with Crippen LogP contribution in [0.25, 0.3) is 6.08 Å². The number of para-hydroxylation sites is 1. The highest BCUT2D eigenvalue weighted by atomic mass is 16.6. The molecule has 0 unspecified atom stereocenters. The van der Waals surface area contributed by atoms with Gasteiger partial charge in [-0.1, -0.05) is 18.2 Å². The van der Waals surface area contributed by atoms with E-state index in [1.54, 1.807) is 19.3 Å². The van der Waals surface area contributed by atoms with E-state index < -0.39 is 5.60 Å². The van der Waals surface area contributed by atoms with Crippen LogP contribution in [0, 0.1) is 0 Å². The third-order valence-electron chi connectivity index (χ3n) is 3.18. The van der Waals surface area contributed by atoms with Gasteiger partial charge in [0, 0.05) is 5.56 Å². The van der Waals surface area contributed by atoms with Crippen LogP contribution in [0.1, 0.15) is 19.4 Å². The zero-order valence-electron chi connectivity index (χ0n) is 10.3. The molecule has 0 N–H and O–H groups in total. The third-order valence-corrected chi connectivity index (χ3v) is 3.18. The summed E-state index contributed by atoms with van der Waals surface area (Å²) in [6.07, 6.45) is 3.33. The van der Waals surface area contributed by atoms with Crippen LogP contribution in [0.4, 0.5) is 0 Å². The van der Waals surface area contributed by atoms with Crippen LogP contribution in [0.15, 0.2) is 30.3 Å². The van der Waals surface area contributed by atoms with E-state index in [0.29, 0.717) is 0 Å². The van der Waals surface area contributed by atoms with Gasteiger partial charge in [-0.25, -0.2) is 0 Å². The molecule has 3 heteroatoms. The van der Waals surface area contributed by atoms with Gasteiger partial charge in [0.1, 0.15) is 5.75 Å². The number of benzene rings is 1. The van der Waals surface area contributed by atoms with Gasteiger partial charge in [-0.05, 0) is 32.1 Å². The maximum Gasteiger partial charge on any atom is 0.189 e. The summed E-state index contributed by atoms with van der Waals surface area (Å²) in [5.41, 5.74) is 0.263. The molecule has 2 atom stereocenters. The van der Waals surface area contributed by atoms with Gasteiger partial charge in [0.05, 0.1) is 13.2 Å². The van der Waals surface area contributed by atoms with Gasteiger partial charge in [0.15, 0.2) is 11.4 Å². The summed E-state index contributed by atoms with van der Waals surface area (Å²) in [5, 5.41) is 0. The van der Waals surface area contributed by atoms with Gasteiger partial charge < -0.3 is 9.47 Å². The minimum atomic E-state index is -0.626. The van der Waals surface area contributed by atoms with Crippen LogP contribution in [0.3, 0.4) is 0 Å². The average Bonchev–Trinajstić information content (AvgIpc) is 2.96. The predicted molar refractivity (Wildman–Crippen MR) is 66.0 cm³/mol. The van der Waals surface area contributed by atoms with E-state index >= 15 is 0 Å². The summed E-state index contributed by atoms with van der Waals surface area (Å²) in [6, 6.07) is 7.57. The standard InChI is InChI=1S/C14H16O3/c1-10-14(2,17-10)13(15)9-8-11-6-4-5-7-12(11)16-3/h4-10H,1-3H3/b9-8+/t10-,14+/m0/s1. The van der Waals surface area contributed by atoms with Crippen molar-refractivity contribution in [3.05, 3.63) is 35.9 Å². The number of ether oxygens (including phenoxy) is 2. The summed E-state index contributed by atoms with van der Waals surface area (Å²) in [5.74, 6) is 0.752. The third kappa shape index (κ3) is 2.24. The number of carbonyl (C=O) groups excluding carboxylic acids is 1. The van der Waals surface area contributed by atoms with Crippen molar-refractivity contribution in [2.24, 2.45) is 0 Å². The minimum absolute atomic E-state index is 0.00379. The Morgan fingerprint density at radius 3 is 2.71 bits per heavy atom. The molecule has 0 amide bonds. The Morgan fingerprint density at radius 2 is 2.12 bits per heavy atom. The van der Waals surface area contributed by atoms with E-state index in [1.165, 1.54) is 0 Å². The number of hydrogen-bond acceptors (Lipinski definition) is 3. The molecule has 1 heterocycles. The van der Waals surface area contributed by atoms with Crippen molar-refractivity contribution in [3.63, 3.8) is 0 Å². The smallest absolute Gasteiger partial charge is 0.189 e. The van der Waals surface area contributed by atoms with Crippen molar-refractivity contribution in [1.82, 2.24) is 0 Å². The fourth-order valence-corrected chi connectivity index (χ4v) is 1.73. The average molecular weight is 232 g/mol. The summed E-state index contributed by atoms with van der Waals surface area (Å²) in [4.78, 5) is 11.9. The van der Waals surface area contributed by atoms with E-state index in [1.807, 2.05) is 38.1 Å². The van der Waals surface area contributed by atoms with Gasteiger partial charge in [-0.2, -0.15) is 0 Å². The molecule has 0 saturated carbocycles. The highest BCUT2D eigenvalue weighted by molar-refractivity contribution is 6.02. The molecule has 0 aromatic heterocycles. The number of methoxy groups -OCH3 is 1. The zero-order valence-corrected chi connectivity index (χ0v) is 10.3. The van der Waals surface area contributed by atoms with E-state index in [2.05, 4.69) is 0 Å². The number of epoxide rings is 1. The normalized spacial score (nSPS) is 27.1. The summed E-state index contributed by atoms with van der Waals surface area (Å²) in [6.45, 7) is 3.71. The Morgan fingerprint density at radius 1 is 1.47 bits per heavy atom. The first kappa shape index (κ1) is 11.9. The SMILES string of the molecule is COc1ccccc1/C=C/C(=O)[C@]1(C)O[C@H]1C. The molecule has 1 aliphatic heterocycles. The van der Waals surface area contributed by atoms with Crippen LogP contribution in [-0.4, -0.2) is 24.6 Å². The van der Waals surface area contributed by atoms with E-state index in [0.717, 1.165) is 11.3 Å². The monoisotopic (exact) mass is 232 g/mol. The molecule has 1 fully saturated rings. The lowest BCUT2D eigenvalue weighted by atomic mass is 10.0. The lowest BCUT2D eigenvalue weighted by molar-refractivity contribution is -0.118. The van der Waals surface area contributed by atoms with Crippen LogP contribution in [-0.2, 0) is 9.53 Å². The molecule has 1 aliphatic rings. The fraction of sp³-hybridized carbons (Fsp3) is 0.357. The molecule has 17 heavy (non-hydrogen) atoms.